The predicted octanol–water partition coefficient (Wildman–Crippen LogP) is -1.06. The molecule has 8 nitrogen and oxygen atoms in total. The summed E-state index contributed by atoms with van der Waals surface area (Å²) in [6, 6.07) is -0.798. The lowest BCUT2D eigenvalue weighted by atomic mass is 10.2. The molecule has 8 heteroatoms. The molecule has 0 aromatic carbocycles. The molecule has 1 aromatic rings. The average Bonchev–Trinajstić information content (AvgIpc) is 2.64. The van der Waals surface area contributed by atoms with Gasteiger partial charge in [0.25, 0.3) is 0 Å². The largest absolute Gasteiger partial charge is 0.480 e. The Morgan fingerprint density at radius 1 is 1.60 bits per heavy atom. The summed E-state index contributed by atoms with van der Waals surface area (Å²) < 4.78 is 9.50. The van der Waals surface area contributed by atoms with E-state index >= 15 is 0 Å². The maximum absolute atomic E-state index is 10.9. The Kier molecular flexibility index (Phi) is 2.42. The van der Waals surface area contributed by atoms with Crippen LogP contribution in [0.15, 0.2) is 4.63 Å². The molecule has 1 aliphatic heterocycles. The van der Waals surface area contributed by atoms with Crippen molar-refractivity contribution in [2.75, 3.05) is 30.4 Å². The van der Waals surface area contributed by atoms with E-state index in [1.807, 2.05) is 0 Å². The quantitative estimate of drug-likeness (QED) is 0.640. The van der Waals surface area contributed by atoms with E-state index in [-0.39, 0.29) is 18.2 Å². The Morgan fingerprint density at radius 2 is 2.40 bits per heavy atom. The number of rotatable bonds is 2. The molecule has 1 saturated heterocycles. The van der Waals surface area contributed by atoms with E-state index in [9.17, 15) is 4.79 Å². The highest BCUT2D eigenvalue weighted by Gasteiger charge is 2.32. The van der Waals surface area contributed by atoms with Gasteiger partial charge in [-0.15, -0.1) is 0 Å². The topological polar surface area (TPSA) is 115 Å². The van der Waals surface area contributed by atoms with Crippen LogP contribution in [0.4, 0.5) is 11.6 Å². The molecule has 2 heterocycles. The summed E-state index contributed by atoms with van der Waals surface area (Å²) in [5.74, 6) is -0.647. The van der Waals surface area contributed by atoms with Crippen LogP contribution in [0, 0.1) is 0 Å². The van der Waals surface area contributed by atoms with Gasteiger partial charge in [-0.25, -0.2) is 9.42 Å². The first kappa shape index (κ1) is 9.71. The number of aliphatic carboxylic acids is 1. The zero-order valence-corrected chi connectivity index (χ0v) is 7.79. The lowest BCUT2D eigenvalue weighted by molar-refractivity contribution is -0.141. The monoisotopic (exact) mass is 214 g/mol. The average molecular weight is 214 g/mol. The number of nitrogen functional groups attached to an aromatic ring is 1. The number of carbonyl (C=O) groups is 1. The molecular formula is C7H10N4O4. The Bertz CT molecular complexity index is 366. The summed E-state index contributed by atoms with van der Waals surface area (Å²) in [7, 11) is 0. The van der Waals surface area contributed by atoms with E-state index in [1.54, 1.807) is 0 Å². The first-order chi connectivity index (χ1) is 7.20. The lowest BCUT2D eigenvalue weighted by Gasteiger charge is -2.32. The first-order valence-electron chi connectivity index (χ1n) is 4.35. The van der Waals surface area contributed by atoms with Crippen molar-refractivity contribution in [2.45, 2.75) is 6.04 Å². The number of carboxylic acids is 1. The van der Waals surface area contributed by atoms with Crippen LogP contribution in [0.1, 0.15) is 0 Å². The molecule has 0 radical (unpaired) electrons. The smallest absolute Gasteiger partial charge is 0.328 e. The normalized spacial score (nSPS) is 21.6. The minimum Gasteiger partial charge on any atom is -0.480 e. The molecule has 0 spiro atoms. The second kappa shape index (κ2) is 3.73. The zero-order chi connectivity index (χ0) is 10.8. The van der Waals surface area contributed by atoms with E-state index in [4.69, 9.17) is 15.6 Å². The van der Waals surface area contributed by atoms with Gasteiger partial charge >= 0.3 is 5.97 Å². The van der Waals surface area contributed by atoms with Crippen molar-refractivity contribution in [2.24, 2.45) is 0 Å². The van der Waals surface area contributed by atoms with Crippen molar-refractivity contribution in [3.8, 4) is 0 Å². The molecule has 0 saturated carbocycles. The standard InChI is InChI=1S/C7H10N4O4/c8-5-6(10-15-9-5)11-1-2-14-3-4(11)7(12)13/h4H,1-3H2,(H2,8,9)(H,12,13). The van der Waals surface area contributed by atoms with Gasteiger partial charge in [0.1, 0.15) is 0 Å². The number of anilines is 2. The van der Waals surface area contributed by atoms with Crippen LogP contribution in [0.25, 0.3) is 0 Å². The number of ether oxygens (including phenoxy) is 1. The second-order valence-electron chi connectivity index (χ2n) is 3.10. The van der Waals surface area contributed by atoms with Gasteiger partial charge in [-0.2, -0.15) is 0 Å². The molecular weight excluding hydrogens is 204 g/mol. The highest BCUT2D eigenvalue weighted by Crippen LogP contribution is 2.22. The maximum atomic E-state index is 10.9. The van der Waals surface area contributed by atoms with Gasteiger partial charge in [0.15, 0.2) is 6.04 Å². The third-order valence-corrected chi connectivity index (χ3v) is 2.18. The van der Waals surface area contributed by atoms with E-state index < -0.39 is 12.0 Å². The van der Waals surface area contributed by atoms with Gasteiger partial charge in [0.05, 0.1) is 13.2 Å². The Hall–Kier alpha value is -1.83. The second-order valence-corrected chi connectivity index (χ2v) is 3.10. The van der Waals surface area contributed by atoms with Crippen molar-refractivity contribution in [3.05, 3.63) is 0 Å². The minimum atomic E-state index is -0.989. The SMILES string of the molecule is Nc1nonc1N1CCOCC1C(=O)O. The van der Waals surface area contributed by atoms with Crippen LogP contribution in [0.3, 0.4) is 0 Å². The molecule has 15 heavy (non-hydrogen) atoms. The Labute approximate surface area is 84.6 Å². The van der Waals surface area contributed by atoms with Crippen LogP contribution in [-0.2, 0) is 9.53 Å². The van der Waals surface area contributed by atoms with Gasteiger partial charge < -0.3 is 20.5 Å². The Balaban J connectivity index is 2.25. The summed E-state index contributed by atoms with van der Waals surface area (Å²) in [6.07, 6.45) is 0. The number of aromatic nitrogens is 2. The van der Waals surface area contributed by atoms with Crippen LogP contribution < -0.4 is 10.6 Å². The fraction of sp³-hybridized carbons (Fsp3) is 0.571. The van der Waals surface area contributed by atoms with Crippen molar-refractivity contribution < 1.29 is 19.3 Å². The van der Waals surface area contributed by atoms with Crippen molar-refractivity contribution in [1.82, 2.24) is 10.3 Å². The van der Waals surface area contributed by atoms with Crippen molar-refractivity contribution >= 4 is 17.6 Å². The molecule has 0 aliphatic carbocycles. The van der Waals surface area contributed by atoms with Crippen LogP contribution in [0.5, 0.6) is 0 Å². The lowest BCUT2D eigenvalue weighted by Crippen LogP contribution is -2.50. The fourth-order valence-electron chi connectivity index (χ4n) is 1.45. The van der Waals surface area contributed by atoms with Crippen molar-refractivity contribution in [3.63, 3.8) is 0 Å². The molecule has 1 fully saturated rings. The summed E-state index contributed by atoms with van der Waals surface area (Å²) >= 11 is 0. The number of nitrogens with two attached hydrogens (primary N) is 1. The van der Waals surface area contributed by atoms with Gasteiger partial charge in [-0.1, -0.05) is 0 Å². The highest BCUT2D eigenvalue weighted by molar-refractivity contribution is 5.79. The fourth-order valence-corrected chi connectivity index (χ4v) is 1.45. The van der Waals surface area contributed by atoms with E-state index in [1.165, 1.54) is 4.90 Å². The third kappa shape index (κ3) is 1.71. The van der Waals surface area contributed by atoms with Gasteiger partial charge in [-0.3, -0.25) is 0 Å². The number of carboxylic acid groups (broad SMARTS) is 1. The molecule has 1 aromatic heterocycles. The summed E-state index contributed by atoms with van der Waals surface area (Å²) in [5.41, 5.74) is 5.49. The molecule has 1 atom stereocenters. The maximum Gasteiger partial charge on any atom is 0.328 e. The van der Waals surface area contributed by atoms with Crippen LogP contribution in [-0.4, -0.2) is 47.2 Å². The zero-order valence-electron chi connectivity index (χ0n) is 7.79. The van der Waals surface area contributed by atoms with Gasteiger partial charge in [-0.05, 0) is 10.3 Å². The number of nitrogens with zero attached hydrogens (tertiary/aromatic N) is 3. The van der Waals surface area contributed by atoms with Crippen molar-refractivity contribution in [1.29, 1.82) is 0 Å². The van der Waals surface area contributed by atoms with E-state index in [0.29, 0.717) is 13.2 Å². The van der Waals surface area contributed by atoms with Gasteiger partial charge in [0.2, 0.25) is 11.6 Å². The van der Waals surface area contributed by atoms with Crippen LogP contribution >= 0.6 is 0 Å². The first-order valence-corrected chi connectivity index (χ1v) is 4.35. The minimum absolute atomic E-state index is 0.0863. The molecule has 1 unspecified atom stereocenters. The molecule has 1 aliphatic rings. The summed E-state index contributed by atoms with van der Waals surface area (Å²) in [6.45, 7) is 0.924. The van der Waals surface area contributed by atoms with E-state index in [0.717, 1.165) is 0 Å². The highest BCUT2D eigenvalue weighted by atomic mass is 16.6. The molecule has 3 N–H and O–H groups in total. The van der Waals surface area contributed by atoms with E-state index in [2.05, 4.69) is 14.9 Å². The molecule has 82 valence electrons. The molecule has 0 bridgehead atoms. The third-order valence-electron chi connectivity index (χ3n) is 2.18. The summed E-state index contributed by atoms with van der Waals surface area (Å²) in [4.78, 5) is 12.4. The summed E-state index contributed by atoms with van der Waals surface area (Å²) in [5, 5.41) is 15.9. The Morgan fingerprint density at radius 3 is 3.00 bits per heavy atom. The molecule has 2 rings (SSSR count). The number of hydrogen-bond acceptors (Lipinski definition) is 7. The number of morpholine rings is 1. The predicted molar refractivity (Wildman–Crippen MR) is 48.3 cm³/mol. The number of hydrogen-bond donors (Lipinski definition) is 2. The van der Waals surface area contributed by atoms with Crippen LogP contribution in [0.2, 0.25) is 0 Å². The molecule has 0 amide bonds. The van der Waals surface area contributed by atoms with Gasteiger partial charge in [0, 0.05) is 6.54 Å².